The topological polar surface area (TPSA) is 51.5 Å². The largest absolute Gasteiger partial charge is 0.507 e. The molecule has 0 saturated carbocycles. The zero-order chi connectivity index (χ0) is 16.1. The van der Waals surface area contributed by atoms with Gasteiger partial charge in [0.2, 0.25) is 5.78 Å². The molecule has 1 aliphatic heterocycles. The first kappa shape index (κ1) is 13.6. The second-order valence-electron chi connectivity index (χ2n) is 5.81. The van der Waals surface area contributed by atoms with E-state index in [-0.39, 0.29) is 22.9 Å². The number of aromatic nitrogens is 1. The van der Waals surface area contributed by atoms with E-state index in [0.717, 1.165) is 22.0 Å². The van der Waals surface area contributed by atoms with Gasteiger partial charge in [0.1, 0.15) is 17.1 Å². The van der Waals surface area contributed by atoms with Crippen molar-refractivity contribution < 1.29 is 14.6 Å². The van der Waals surface area contributed by atoms with Gasteiger partial charge in [0, 0.05) is 29.7 Å². The standard InChI is InChI=1S/C19H15NO3/c1-11-7-15(21)18-16(8-11)23-17(19(18)22)9-12-10-20(2)14-6-4-3-5-13(12)14/h3-10,21H,1-2H3/b17-9-. The quantitative estimate of drug-likeness (QED) is 0.696. The first-order chi connectivity index (χ1) is 11.0. The van der Waals surface area contributed by atoms with Crippen LogP contribution in [0.3, 0.4) is 0 Å². The molecule has 0 bridgehead atoms. The van der Waals surface area contributed by atoms with Gasteiger partial charge in [-0.3, -0.25) is 4.79 Å². The van der Waals surface area contributed by atoms with Crippen LogP contribution < -0.4 is 4.74 Å². The number of aromatic hydroxyl groups is 1. The molecule has 0 unspecified atom stereocenters. The van der Waals surface area contributed by atoms with Crippen molar-refractivity contribution in [3.8, 4) is 11.5 Å². The number of allylic oxidation sites excluding steroid dienone is 1. The highest BCUT2D eigenvalue weighted by molar-refractivity contribution is 6.16. The molecular formula is C19H15NO3. The summed E-state index contributed by atoms with van der Waals surface area (Å²) in [5, 5.41) is 11.1. The number of para-hydroxylation sites is 1. The molecule has 4 rings (SSSR count). The number of phenols is 1. The third kappa shape index (κ3) is 2.03. The van der Waals surface area contributed by atoms with E-state index in [0.29, 0.717) is 5.75 Å². The van der Waals surface area contributed by atoms with Gasteiger partial charge in [-0.15, -0.1) is 0 Å². The number of benzene rings is 2. The smallest absolute Gasteiger partial charge is 0.235 e. The van der Waals surface area contributed by atoms with Crippen molar-refractivity contribution in [2.45, 2.75) is 6.92 Å². The zero-order valence-electron chi connectivity index (χ0n) is 12.8. The number of ketones is 1. The molecule has 1 aromatic heterocycles. The molecule has 23 heavy (non-hydrogen) atoms. The second kappa shape index (κ2) is 4.74. The Kier molecular flexibility index (Phi) is 2.81. The summed E-state index contributed by atoms with van der Waals surface area (Å²) in [5.41, 5.74) is 3.08. The monoisotopic (exact) mass is 305 g/mol. The summed E-state index contributed by atoms with van der Waals surface area (Å²) < 4.78 is 7.70. The minimum Gasteiger partial charge on any atom is -0.507 e. The summed E-state index contributed by atoms with van der Waals surface area (Å²) in [7, 11) is 1.96. The number of carbonyl (C=O) groups is 1. The third-order valence-corrected chi connectivity index (χ3v) is 4.11. The number of nitrogens with zero attached hydrogens (tertiary/aromatic N) is 1. The van der Waals surface area contributed by atoms with Crippen LogP contribution in [0.15, 0.2) is 48.4 Å². The van der Waals surface area contributed by atoms with Crippen LogP contribution in [-0.2, 0) is 7.05 Å². The minimum atomic E-state index is -0.287. The number of fused-ring (bicyclic) bond motifs is 2. The van der Waals surface area contributed by atoms with Crippen LogP contribution in [0.2, 0.25) is 0 Å². The molecule has 4 heteroatoms. The molecule has 0 spiro atoms. The first-order valence-electron chi connectivity index (χ1n) is 7.36. The predicted octanol–water partition coefficient (Wildman–Crippen LogP) is 3.81. The lowest BCUT2D eigenvalue weighted by Crippen LogP contribution is -1.98. The lowest BCUT2D eigenvalue weighted by atomic mass is 10.1. The molecule has 0 radical (unpaired) electrons. The van der Waals surface area contributed by atoms with Gasteiger partial charge in [0.05, 0.1) is 0 Å². The Labute approximate surface area is 133 Å². The lowest BCUT2D eigenvalue weighted by molar-refractivity contribution is 0.101. The third-order valence-electron chi connectivity index (χ3n) is 4.11. The van der Waals surface area contributed by atoms with Gasteiger partial charge in [0.25, 0.3) is 0 Å². The van der Waals surface area contributed by atoms with Crippen LogP contribution in [0.1, 0.15) is 21.5 Å². The maximum absolute atomic E-state index is 12.5. The van der Waals surface area contributed by atoms with Gasteiger partial charge in [-0.25, -0.2) is 0 Å². The number of rotatable bonds is 1. The van der Waals surface area contributed by atoms with Crippen molar-refractivity contribution in [1.82, 2.24) is 4.57 Å². The van der Waals surface area contributed by atoms with Gasteiger partial charge < -0.3 is 14.4 Å². The van der Waals surface area contributed by atoms with Gasteiger partial charge in [-0.1, -0.05) is 18.2 Å². The van der Waals surface area contributed by atoms with Crippen LogP contribution >= 0.6 is 0 Å². The van der Waals surface area contributed by atoms with Crippen molar-refractivity contribution in [2.24, 2.45) is 7.05 Å². The van der Waals surface area contributed by atoms with Crippen LogP contribution in [0.4, 0.5) is 0 Å². The highest BCUT2D eigenvalue weighted by Crippen LogP contribution is 2.39. The van der Waals surface area contributed by atoms with Gasteiger partial charge in [0.15, 0.2) is 5.76 Å². The molecule has 1 aliphatic rings. The number of aryl methyl sites for hydroxylation is 2. The van der Waals surface area contributed by atoms with E-state index in [1.807, 2.05) is 49.0 Å². The van der Waals surface area contributed by atoms with E-state index in [9.17, 15) is 9.90 Å². The van der Waals surface area contributed by atoms with Crippen molar-refractivity contribution in [3.63, 3.8) is 0 Å². The summed E-state index contributed by atoms with van der Waals surface area (Å²) in [6.45, 7) is 1.85. The Morgan fingerprint density at radius 2 is 2.00 bits per heavy atom. The van der Waals surface area contributed by atoms with E-state index >= 15 is 0 Å². The number of Topliss-reactive ketones (excluding diaryl/α,β-unsaturated/α-hetero) is 1. The second-order valence-corrected chi connectivity index (χ2v) is 5.81. The highest BCUT2D eigenvalue weighted by Gasteiger charge is 2.31. The zero-order valence-corrected chi connectivity index (χ0v) is 12.8. The minimum absolute atomic E-state index is 0.0358. The summed E-state index contributed by atoms with van der Waals surface area (Å²) >= 11 is 0. The normalized spacial score (nSPS) is 15.2. The van der Waals surface area contributed by atoms with Crippen LogP contribution in [-0.4, -0.2) is 15.5 Å². The van der Waals surface area contributed by atoms with Crippen LogP contribution in [0, 0.1) is 6.92 Å². The van der Waals surface area contributed by atoms with E-state index in [1.54, 1.807) is 18.2 Å². The Balaban J connectivity index is 1.84. The van der Waals surface area contributed by atoms with Crippen LogP contribution in [0.5, 0.6) is 11.5 Å². The molecule has 0 saturated heterocycles. The molecular weight excluding hydrogens is 290 g/mol. The SMILES string of the molecule is Cc1cc(O)c2c(c1)O/C(=C\c1cn(C)c3ccccc13)C2=O. The Morgan fingerprint density at radius 1 is 1.22 bits per heavy atom. The molecule has 1 N–H and O–H groups in total. The van der Waals surface area contributed by atoms with Gasteiger partial charge in [-0.2, -0.15) is 0 Å². The Morgan fingerprint density at radius 3 is 2.83 bits per heavy atom. The summed E-state index contributed by atoms with van der Waals surface area (Å²) in [6.07, 6.45) is 3.70. The van der Waals surface area contributed by atoms with Gasteiger partial charge in [-0.05, 0) is 36.8 Å². The molecule has 2 heterocycles. The average Bonchev–Trinajstić information content (AvgIpc) is 2.98. The number of carbonyl (C=O) groups excluding carboxylic acids is 1. The molecule has 4 nitrogen and oxygen atoms in total. The predicted molar refractivity (Wildman–Crippen MR) is 88.7 cm³/mol. The summed E-state index contributed by atoms with van der Waals surface area (Å²) in [4.78, 5) is 12.5. The number of phenolic OH excluding ortho intramolecular Hbond substituents is 1. The van der Waals surface area contributed by atoms with Crippen molar-refractivity contribution in [1.29, 1.82) is 0 Å². The molecule has 0 fully saturated rings. The maximum atomic E-state index is 12.5. The highest BCUT2D eigenvalue weighted by atomic mass is 16.5. The fraction of sp³-hybridized carbons (Fsp3) is 0.105. The summed E-state index contributed by atoms with van der Waals surface area (Å²) in [5.74, 6) is 0.327. The van der Waals surface area contributed by atoms with E-state index in [4.69, 9.17) is 4.74 Å². The Hall–Kier alpha value is -3.01. The van der Waals surface area contributed by atoms with Crippen molar-refractivity contribution in [2.75, 3.05) is 0 Å². The molecule has 2 aromatic carbocycles. The fourth-order valence-corrected chi connectivity index (χ4v) is 3.06. The fourth-order valence-electron chi connectivity index (χ4n) is 3.06. The molecule has 114 valence electrons. The van der Waals surface area contributed by atoms with E-state index < -0.39 is 0 Å². The molecule has 0 amide bonds. The van der Waals surface area contributed by atoms with E-state index in [1.165, 1.54) is 0 Å². The number of ether oxygens (including phenoxy) is 1. The van der Waals surface area contributed by atoms with Crippen molar-refractivity contribution >= 4 is 22.8 Å². The molecule has 0 aliphatic carbocycles. The summed E-state index contributed by atoms with van der Waals surface area (Å²) in [6, 6.07) is 11.3. The van der Waals surface area contributed by atoms with Crippen molar-refractivity contribution in [3.05, 3.63) is 65.0 Å². The van der Waals surface area contributed by atoms with Crippen LogP contribution in [0.25, 0.3) is 17.0 Å². The van der Waals surface area contributed by atoms with E-state index in [2.05, 4.69) is 0 Å². The molecule has 0 atom stereocenters. The number of hydrogen-bond donors (Lipinski definition) is 1. The van der Waals surface area contributed by atoms with Gasteiger partial charge >= 0.3 is 0 Å². The maximum Gasteiger partial charge on any atom is 0.235 e. The lowest BCUT2D eigenvalue weighted by Gasteiger charge is -2.00. The first-order valence-corrected chi connectivity index (χ1v) is 7.36. The Bertz CT molecular complexity index is 995. The average molecular weight is 305 g/mol. The molecule has 3 aromatic rings. The number of hydrogen-bond acceptors (Lipinski definition) is 3.